The Labute approximate surface area is 167 Å². The monoisotopic (exact) mass is 384 g/mol. The molecule has 0 spiro atoms. The van der Waals surface area contributed by atoms with Gasteiger partial charge in [-0.1, -0.05) is 0 Å². The van der Waals surface area contributed by atoms with Gasteiger partial charge in [-0.25, -0.2) is 9.97 Å². The van der Waals surface area contributed by atoms with Gasteiger partial charge in [0.15, 0.2) is 0 Å². The Balaban J connectivity index is 1.22. The first kappa shape index (κ1) is 19.3. The number of nitrogens with zero attached hydrogens (tertiary/aromatic N) is 6. The summed E-state index contributed by atoms with van der Waals surface area (Å²) < 4.78 is 7.42. The second kappa shape index (κ2) is 9.47. The van der Waals surface area contributed by atoms with Crippen molar-refractivity contribution in [2.45, 2.75) is 38.8 Å². The van der Waals surface area contributed by atoms with E-state index in [1.54, 1.807) is 19.5 Å². The molecular weight excluding hydrogens is 352 g/mol. The van der Waals surface area contributed by atoms with Gasteiger partial charge in [0.2, 0.25) is 0 Å². The van der Waals surface area contributed by atoms with Crippen molar-refractivity contribution >= 4 is 5.82 Å². The molecule has 7 heteroatoms. The molecule has 0 saturated carbocycles. The van der Waals surface area contributed by atoms with Crippen LogP contribution in [0.5, 0.6) is 0 Å². The van der Waals surface area contributed by atoms with Crippen molar-refractivity contribution in [3.8, 4) is 0 Å². The minimum Gasteiger partial charge on any atom is -0.383 e. The highest BCUT2D eigenvalue weighted by molar-refractivity contribution is 5.35. The number of methoxy groups -OCH3 is 1. The Morgan fingerprint density at radius 1 is 0.964 bits per heavy atom. The zero-order valence-corrected chi connectivity index (χ0v) is 16.9. The largest absolute Gasteiger partial charge is 0.383 e. The highest BCUT2D eigenvalue weighted by Crippen LogP contribution is 2.33. The number of anilines is 1. The van der Waals surface area contributed by atoms with Crippen LogP contribution < -0.4 is 4.90 Å². The molecule has 4 heterocycles. The molecule has 2 aliphatic heterocycles. The molecule has 2 saturated heterocycles. The molecule has 0 amide bonds. The zero-order valence-electron chi connectivity index (χ0n) is 16.9. The molecule has 2 fully saturated rings. The van der Waals surface area contributed by atoms with Crippen molar-refractivity contribution in [2.24, 2.45) is 11.8 Å². The molecule has 0 aromatic carbocycles. The van der Waals surface area contributed by atoms with Gasteiger partial charge in [-0.3, -0.25) is 9.88 Å². The van der Waals surface area contributed by atoms with Crippen molar-refractivity contribution < 1.29 is 4.74 Å². The topological polar surface area (TPSA) is 59.3 Å². The van der Waals surface area contributed by atoms with Crippen molar-refractivity contribution in [1.29, 1.82) is 0 Å². The van der Waals surface area contributed by atoms with E-state index < -0.39 is 0 Å². The molecule has 2 aliphatic rings. The lowest BCUT2D eigenvalue weighted by atomic mass is 9.79. The molecule has 0 aliphatic carbocycles. The van der Waals surface area contributed by atoms with Gasteiger partial charge in [0, 0.05) is 51.5 Å². The van der Waals surface area contributed by atoms with Gasteiger partial charge >= 0.3 is 0 Å². The highest BCUT2D eigenvalue weighted by Gasteiger charge is 2.30. The maximum absolute atomic E-state index is 5.20. The smallest absolute Gasteiger partial charge is 0.147 e. The Morgan fingerprint density at radius 3 is 2.39 bits per heavy atom. The van der Waals surface area contributed by atoms with Gasteiger partial charge in [0.1, 0.15) is 11.6 Å². The second-order valence-electron chi connectivity index (χ2n) is 8.03. The summed E-state index contributed by atoms with van der Waals surface area (Å²) in [6, 6.07) is 0. The number of ether oxygens (including phenoxy) is 1. The average molecular weight is 385 g/mol. The van der Waals surface area contributed by atoms with Crippen LogP contribution in [0.3, 0.4) is 0 Å². The van der Waals surface area contributed by atoms with E-state index in [2.05, 4.69) is 35.5 Å². The van der Waals surface area contributed by atoms with Crippen LogP contribution >= 0.6 is 0 Å². The van der Waals surface area contributed by atoms with Crippen LogP contribution in [0.1, 0.15) is 31.5 Å². The van der Waals surface area contributed by atoms with Crippen molar-refractivity contribution in [2.75, 3.05) is 44.8 Å². The number of rotatable bonds is 7. The molecule has 0 bridgehead atoms. The predicted octanol–water partition coefficient (Wildman–Crippen LogP) is 2.45. The molecule has 7 nitrogen and oxygen atoms in total. The van der Waals surface area contributed by atoms with Crippen LogP contribution in [0.25, 0.3) is 0 Å². The van der Waals surface area contributed by atoms with E-state index in [1.165, 1.54) is 38.8 Å². The van der Waals surface area contributed by atoms with Gasteiger partial charge < -0.3 is 14.2 Å². The lowest BCUT2D eigenvalue weighted by Crippen LogP contribution is -2.41. The summed E-state index contributed by atoms with van der Waals surface area (Å²) in [5.41, 5.74) is 0. The van der Waals surface area contributed by atoms with Crippen LogP contribution in [0.2, 0.25) is 0 Å². The summed E-state index contributed by atoms with van der Waals surface area (Å²) in [6.45, 7) is 7.17. The standard InChI is InChI=1S/C21H32N6O/c1-28-15-14-27-13-8-24-21(27)17-25-9-2-18(3-10-25)19-4-11-26(12-5-19)20-16-22-6-7-23-20/h6-8,13,16,18-19H,2-5,9-12,14-15,17H2,1H3. The fourth-order valence-corrected chi connectivity index (χ4v) is 4.72. The molecule has 0 radical (unpaired) electrons. The van der Waals surface area contributed by atoms with Gasteiger partial charge in [-0.05, 0) is 50.6 Å². The maximum atomic E-state index is 5.20. The van der Waals surface area contributed by atoms with E-state index in [4.69, 9.17) is 4.74 Å². The number of piperidine rings is 2. The highest BCUT2D eigenvalue weighted by atomic mass is 16.5. The third-order valence-electron chi connectivity index (χ3n) is 6.42. The first-order valence-electron chi connectivity index (χ1n) is 10.6. The van der Waals surface area contributed by atoms with E-state index >= 15 is 0 Å². The Hall–Kier alpha value is -1.99. The summed E-state index contributed by atoms with van der Waals surface area (Å²) in [5.74, 6) is 3.92. The van der Waals surface area contributed by atoms with Crippen molar-refractivity contribution in [3.05, 3.63) is 36.8 Å². The number of aromatic nitrogens is 4. The van der Waals surface area contributed by atoms with Crippen molar-refractivity contribution in [3.63, 3.8) is 0 Å². The molecule has 152 valence electrons. The Morgan fingerprint density at radius 2 is 1.71 bits per heavy atom. The van der Waals surface area contributed by atoms with E-state index in [9.17, 15) is 0 Å². The molecule has 2 aromatic heterocycles. The summed E-state index contributed by atoms with van der Waals surface area (Å²) in [6.07, 6.45) is 14.6. The van der Waals surface area contributed by atoms with Crippen molar-refractivity contribution in [1.82, 2.24) is 24.4 Å². The summed E-state index contributed by atoms with van der Waals surface area (Å²) in [7, 11) is 1.75. The molecule has 0 unspecified atom stereocenters. The second-order valence-corrected chi connectivity index (χ2v) is 8.03. The molecule has 0 atom stereocenters. The molecule has 0 N–H and O–H groups in total. The van der Waals surface area contributed by atoms with Gasteiger partial charge in [0.05, 0.1) is 19.3 Å². The summed E-state index contributed by atoms with van der Waals surface area (Å²) in [5, 5.41) is 0. The van der Waals surface area contributed by atoms with Crippen LogP contribution in [-0.4, -0.2) is 64.3 Å². The van der Waals surface area contributed by atoms with Crippen LogP contribution in [0.15, 0.2) is 31.0 Å². The van der Waals surface area contributed by atoms with Gasteiger partial charge in [-0.15, -0.1) is 0 Å². The molecule has 2 aromatic rings. The SMILES string of the molecule is COCCn1ccnc1CN1CCC(C2CCN(c3cnccn3)CC2)CC1. The fourth-order valence-electron chi connectivity index (χ4n) is 4.72. The third-order valence-corrected chi connectivity index (χ3v) is 6.42. The van der Waals surface area contributed by atoms with Crippen LogP contribution in [0, 0.1) is 11.8 Å². The minimum absolute atomic E-state index is 0.735. The van der Waals surface area contributed by atoms with Gasteiger partial charge in [0.25, 0.3) is 0 Å². The van der Waals surface area contributed by atoms with E-state index in [0.717, 1.165) is 56.3 Å². The molecular formula is C21H32N6O. The van der Waals surface area contributed by atoms with Gasteiger partial charge in [-0.2, -0.15) is 0 Å². The lowest BCUT2D eigenvalue weighted by molar-refractivity contribution is 0.125. The number of hydrogen-bond donors (Lipinski definition) is 0. The van der Waals surface area contributed by atoms with Crippen LogP contribution in [-0.2, 0) is 17.8 Å². The molecule has 28 heavy (non-hydrogen) atoms. The van der Waals surface area contributed by atoms with Crippen LogP contribution in [0.4, 0.5) is 5.82 Å². The average Bonchev–Trinajstić information content (AvgIpc) is 3.20. The number of likely N-dealkylation sites (tertiary alicyclic amines) is 1. The summed E-state index contributed by atoms with van der Waals surface area (Å²) >= 11 is 0. The number of hydrogen-bond acceptors (Lipinski definition) is 6. The summed E-state index contributed by atoms with van der Waals surface area (Å²) in [4.78, 5) is 18.2. The van der Waals surface area contributed by atoms with E-state index in [-0.39, 0.29) is 0 Å². The maximum Gasteiger partial charge on any atom is 0.147 e. The minimum atomic E-state index is 0.735. The quantitative estimate of drug-likeness (QED) is 0.731. The first-order chi connectivity index (χ1) is 13.8. The zero-order chi connectivity index (χ0) is 19.2. The lowest BCUT2D eigenvalue weighted by Gasteiger charge is -2.40. The van der Waals surface area contributed by atoms with E-state index in [1.807, 2.05) is 12.4 Å². The molecule has 4 rings (SSSR count). The predicted molar refractivity (Wildman–Crippen MR) is 109 cm³/mol. The third kappa shape index (κ3) is 4.70. The fraction of sp³-hybridized carbons (Fsp3) is 0.667. The van der Waals surface area contributed by atoms with E-state index in [0.29, 0.717) is 0 Å². The Bertz CT molecular complexity index is 705. The Kier molecular flexibility index (Phi) is 6.54. The number of imidazole rings is 1. The first-order valence-corrected chi connectivity index (χ1v) is 10.6. The normalized spacial score (nSPS) is 20.0.